The van der Waals surface area contributed by atoms with Gasteiger partial charge in [0, 0.05) is 11.8 Å². The summed E-state index contributed by atoms with van der Waals surface area (Å²) in [7, 11) is 0. The molecule has 1 heterocycles. The predicted molar refractivity (Wildman–Crippen MR) is 208 cm³/mol. The lowest BCUT2D eigenvalue weighted by molar-refractivity contribution is 1.34. The topological polar surface area (TPSA) is 12.9 Å². The van der Waals surface area contributed by atoms with Crippen LogP contribution in [0.1, 0.15) is 13.8 Å². The summed E-state index contributed by atoms with van der Waals surface area (Å²) in [5, 5.41) is 15.3. The fourth-order valence-corrected chi connectivity index (χ4v) is 7.93. The lowest BCUT2D eigenvalue weighted by Crippen LogP contribution is -1.93. The SMILES string of the molecule is CC.c1ccc(-c2c3ccccc3c(-c3ccc(-c4ccc5ccc6cccc7ccc4c5c67)c4ccccc34)c3ccccc23)nc1. The summed E-state index contributed by atoms with van der Waals surface area (Å²) >= 11 is 0. The van der Waals surface area contributed by atoms with Crippen LogP contribution in [0, 0.1) is 0 Å². The average Bonchev–Trinajstić information content (AvgIpc) is 3.17. The van der Waals surface area contributed by atoms with Gasteiger partial charge in [0.15, 0.2) is 0 Å². The standard InChI is InChI=1S/C45H27N.C2H6/c1-2-13-32-31(12-1)33(34-23-21-30-20-19-28-10-9-11-29-22-24-39(34)43(30)42(28)29)25-26-40(32)44-35-14-3-5-16-37(35)45(41-18-7-8-27-46-41)38-17-6-4-15-36(38)44;1-2/h1-27H;1-2H3. The number of hydrogen-bond acceptors (Lipinski definition) is 1. The van der Waals surface area contributed by atoms with Gasteiger partial charge in [0.25, 0.3) is 0 Å². The second-order valence-electron chi connectivity index (χ2n) is 12.2. The Kier molecular flexibility index (Phi) is 6.66. The van der Waals surface area contributed by atoms with Crippen molar-refractivity contribution < 1.29 is 0 Å². The van der Waals surface area contributed by atoms with Crippen molar-refractivity contribution in [2.24, 2.45) is 0 Å². The summed E-state index contributed by atoms with van der Waals surface area (Å²) in [6, 6.07) is 57.8. The summed E-state index contributed by atoms with van der Waals surface area (Å²) in [6.07, 6.45) is 1.89. The van der Waals surface area contributed by atoms with E-state index < -0.39 is 0 Å². The van der Waals surface area contributed by atoms with Crippen LogP contribution in [0.5, 0.6) is 0 Å². The number of pyridine rings is 1. The molecule has 48 heavy (non-hydrogen) atoms. The van der Waals surface area contributed by atoms with E-state index in [1.807, 2.05) is 26.1 Å². The third kappa shape index (κ3) is 4.14. The van der Waals surface area contributed by atoms with Crippen LogP contribution < -0.4 is 0 Å². The van der Waals surface area contributed by atoms with E-state index in [2.05, 4.69) is 152 Å². The van der Waals surface area contributed by atoms with E-state index in [4.69, 9.17) is 4.98 Å². The van der Waals surface area contributed by atoms with E-state index in [0.29, 0.717) is 0 Å². The number of benzene rings is 9. The Morgan fingerprint density at radius 1 is 0.312 bits per heavy atom. The lowest BCUT2D eigenvalue weighted by Gasteiger charge is -2.20. The molecule has 0 saturated heterocycles. The maximum atomic E-state index is 4.80. The van der Waals surface area contributed by atoms with Crippen molar-refractivity contribution in [3.05, 3.63) is 164 Å². The van der Waals surface area contributed by atoms with Gasteiger partial charge < -0.3 is 0 Å². The second kappa shape index (κ2) is 11.3. The van der Waals surface area contributed by atoms with E-state index in [0.717, 1.165) is 5.69 Å². The molecule has 0 radical (unpaired) electrons. The third-order valence-corrected chi connectivity index (χ3v) is 9.86. The van der Waals surface area contributed by atoms with Crippen LogP contribution in [0.25, 0.3) is 98.1 Å². The first-order valence-electron chi connectivity index (χ1n) is 16.9. The Bertz CT molecular complexity index is 2720. The van der Waals surface area contributed by atoms with Crippen molar-refractivity contribution >= 4 is 64.6 Å². The Hall–Kier alpha value is -6.05. The van der Waals surface area contributed by atoms with Gasteiger partial charge in [-0.2, -0.15) is 0 Å². The fraction of sp³-hybridized carbons (Fsp3) is 0.0426. The van der Waals surface area contributed by atoms with E-state index in [9.17, 15) is 0 Å². The highest BCUT2D eigenvalue weighted by Crippen LogP contribution is 2.47. The molecule has 0 N–H and O–H groups in total. The first kappa shape index (κ1) is 28.2. The molecule has 0 amide bonds. The van der Waals surface area contributed by atoms with Crippen molar-refractivity contribution in [2.45, 2.75) is 13.8 Å². The maximum absolute atomic E-state index is 4.80. The van der Waals surface area contributed by atoms with Gasteiger partial charge in [-0.25, -0.2) is 0 Å². The molecule has 0 aliphatic rings. The van der Waals surface area contributed by atoms with E-state index >= 15 is 0 Å². The van der Waals surface area contributed by atoms with Crippen LogP contribution in [0.2, 0.25) is 0 Å². The number of fused-ring (bicyclic) bond motifs is 3. The van der Waals surface area contributed by atoms with E-state index in [1.165, 1.54) is 92.5 Å². The van der Waals surface area contributed by atoms with Crippen LogP contribution in [-0.4, -0.2) is 4.98 Å². The van der Waals surface area contributed by atoms with Crippen molar-refractivity contribution in [3.8, 4) is 33.5 Å². The predicted octanol–water partition coefficient (Wildman–Crippen LogP) is 13.5. The van der Waals surface area contributed by atoms with Gasteiger partial charge in [0.2, 0.25) is 0 Å². The molecule has 1 aromatic heterocycles. The number of aromatic nitrogens is 1. The average molecular weight is 612 g/mol. The molecule has 226 valence electrons. The van der Waals surface area contributed by atoms with Crippen LogP contribution in [0.3, 0.4) is 0 Å². The van der Waals surface area contributed by atoms with E-state index in [-0.39, 0.29) is 0 Å². The first-order valence-corrected chi connectivity index (χ1v) is 16.9. The number of rotatable bonds is 3. The lowest BCUT2D eigenvalue weighted by atomic mass is 9.83. The Morgan fingerprint density at radius 2 is 0.771 bits per heavy atom. The molecule has 0 unspecified atom stereocenters. The Morgan fingerprint density at radius 3 is 1.40 bits per heavy atom. The van der Waals surface area contributed by atoms with Gasteiger partial charge in [0.1, 0.15) is 0 Å². The molecule has 0 aliphatic heterocycles. The van der Waals surface area contributed by atoms with Crippen LogP contribution >= 0.6 is 0 Å². The minimum absolute atomic E-state index is 0.996. The molecule has 0 aliphatic carbocycles. The maximum Gasteiger partial charge on any atom is 0.0714 e. The first-order chi connectivity index (χ1) is 23.8. The van der Waals surface area contributed by atoms with Crippen molar-refractivity contribution in [1.29, 1.82) is 0 Å². The second-order valence-corrected chi connectivity index (χ2v) is 12.2. The molecule has 0 atom stereocenters. The quantitative estimate of drug-likeness (QED) is 0.143. The Labute approximate surface area is 280 Å². The molecular formula is C47H33N. The molecule has 0 fully saturated rings. The zero-order valence-electron chi connectivity index (χ0n) is 27.0. The summed E-state index contributed by atoms with van der Waals surface area (Å²) in [6.45, 7) is 4.00. The molecule has 9 aromatic carbocycles. The van der Waals surface area contributed by atoms with E-state index in [1.54, 1.807) is 0 Å². The van der Waals surface area contributed by atoms with Crippen LogP contribution in [-0.2, 0) is 0 Å². The molecule has 0 bridgehead atoms. The Balaban J connectivity index is 0.00000154. The molecular weight excluding hydrogens is 579 g/mol. The largest absolute Gasteiger partial charge is 0.256 e. The summed E-state index contributed by atoms with van der Waals surface area (Å²) in [4.78, 5) is 4.80. The highest BCUT2D eigenvalue weighted by atomic mass is 14.7. The molecule has 10 aromatic rings. The van der Waals surface area contributed by atoms with Gasteiger partial charge in [-0.3, -0.25) is 4.98 Å². The van der Waals surface area contributed by atoms with Crippen LogP contribution in [0.15, 0.2) is 164 Å². The molecule has 1 heteroatoms. The van der Waals surface area contributed by atoms with Crippen molar-refractivity contribution in [1.82, 2.24) is 4.98 Å². The van der Waals surface area contributed by atoms with Gasteiger partial charge in [-0.1, -0.05) is 159 Å². The normalized spacial score (nSPS) is 11.5. The van der Waals surface area contributed by atoms with Gasteiger partial charge in [-0.05, 0) is 99.0 Å². The van der Waals surface area contributed by atoms with Crippen molar-refractivity contribution in [2.75, 3.05) is 0 Å². The molecule has 1 nitrogen and oxygen atoms in total. The molecule has 10 rings (SSSR count). The van der Waals surface area contributed by atoms with Gasteiger partial charge >= 0.3 is 0 Å². The van der Waals surface area contributed by atoms with Gasteiger partial charge in [-0.15, -0.1) is 0 Å². The molecule has 0 spiro atoms. The monoisotopic (exact) mass is 611 g/mol. The highest BCUT2D eigenvalue weighted by molar-refractivity contribution is 6.27. The van der Waals surface area contributed by atoms with Crippen molar-refractivity contribution in [3.63, 3.8) is 0 Å². The zero-order chi connectivity index (χ0) is 32.2. The minimum atomic E-state index is 0.996. The van der Waals surface area contributed by atoms with Crippen LogP contribution in [0.4, 0.5) is 0 Å². The number of hydrogen-bond donors (Lipinski definition) is 0. The summed E-state index contributed by atoms with van der Waals surface area (Å²) < 4.78 is 0. The van der Waals surface area contributed by atoms with Gasteiger partial charge in [0.05, 0.1) is 5.69 Å². The number of nitrogens with zero attached hydrogens (tertiary/aromatic N) is 1. The minimum Gasteiger partial charge on any atom is -0.256 e. The molecule has 0 saturated carbocycles. The fourth-order valence-electron chi connectivity index (χ4n) is 7.93. The highest BCUT2D eigenvalue weighted by Gasteiger charge is 2.20. The smallest absolute Gasteiger partial charge is 0.0714 e. The summed E-state index contributed by atoms with van der Waals surface area (Å²) in [5.74, 6) is 0. The summed E-state index contributed by atoms with van der Waals surface area (Å²) in [5.41, 5.74) is 7.23. The third-order valence-electron chi connectivity index (χ3n) is 9.86. The zero-order valence-corrected chi connectivity index (χ0v) is 27.0.